The highest BCUT2D eigenvalue weighted by Crippen LogP contribution is 2.14. The zero-order valence-corrected chi connectivity index (χ0v) is 9.17. The topological polar surface area (TPSA) is 61.4 Å². The first kappa shape index (κ1) is 10.9. The fraction of sp³-hybridized carbons (Fsp3) is 0.250. The molecule has 14 heavy (non-hydrogen) atoms. The second-order valence-corrected chi connectivity index (χ2v) is 3.94. The normalized spacial score (nSPS) is 9.50. The molecule has 76 valence electrons. The number of carbonyl (C=O) groups is 1. The summed E-state index contributed by atoms with van der Waals surface area (Å²) in [6, 6.07) is 1.87. The third kappa shape index (κ3) is 2.97. The zero-order chi connectivity index (χ0) is 10.6. The van der Waals surface area contributed by atoms with Gasteiger partial charge in [0, 0.05) is 22.9 Å². The van der Waals surface area contributed by atoms with E-state index in [0.29, 0.717) is 11.5 Å². The minimum absolute atomic E-state index is 0.326. The van der Waals surface area contributed by atoms with E-state index in [1.54, 1.807) is 7.05 Å². The molecule has 0 saturated heterocycles. The first-order valence-electron chi connectivity index (χ1n) is 3.89. The molecule has 0 radical (unpaired) electrons. The van der Waals surface area contributed by atoms with Gasteiger partial charge in [-0.15, -0.1) is 11.3 Å². The van der Waals surface area contributed by atoms with Crippen molar-refractivity contribution in [3.63, 3.8) is 0 Å². The van der Waals surface area contributed by atoms with Gasteiger partial charge in [-0.2, -0.15) is 0 Å². The van der Waals surface area contributed by atoms with Gasteiger partial charge in [0.05, 0.1) is 6.54 Å². The molecule has 1 rings (SSSR count). The number of nitrogens with one attached hydrogen (secondary N) is 2. The van der Waals surface area contributed by atoms with Crippen LogP contribution in [0.25, 0.3) is 0 Å². The predicted octanol–water partition coefficient (Wildman–Crippen LogP) is 1.41. The molecule has 1 heterocycles. The summed E-state index contributed by atoms with van der Waals surface area (Å²) in [5, 5.41) is 15.4. The van der Waals surface area contributed by atoms with Gasteiger partial charge in [0.1, 0.15) is 4.99 Å². The van der Waals surface area contributed by atoms with Gasteiger partial charge in [-0.3, -0.25) is 0 Å². The van der Waals surface area contributed by atoms with Gasteiger partial charge in [-0.25, -0.2) is 4.79 Å². The van der Waals surface area contributed by atoms with E-state index in [1.165, 1.54) is 11.3 Å². The lowest BCUT2D eigenvalue weighted by atomic mass is 10.3. The van der Waals surface area contributed by atoms with E-state index in [0.717, 1.165) is 10.4 Å². The summed E-state index contributed by atoms with van der Waals surface area (Å²) >= 11 is 6.51. The quantitative estimate of drug-likeness (QED) is 0.687. The highest BCUT2D eigenvalue weighted by molar-refractivity contribution is 7.80. The Morgan fingerprint density at radius 1 is 1.71 bits per heavy atom. The van der Waals surface area contributed by atoms with Gasteiger partial charge in [-0.1, -0.05) is 12.2 Å². The Labute approximate surface area is 90.9 Å². The molecule has 0 bridgehead atoms. The molecule has 0 aliphatic heterocycles. The van der Waals surface area contributed by atoms with Crippen molar-refractivity contribution in [3.8, 4) is 0 Å². The van der Waals surface area contributed by atoms with Crippen LogP contribution in [0.3, 0.4) is 0 Å². The summed E-state index contributed by atoms with van der Waals surface area (Å²) in [7, 11) is 1.76. The Morgan fingerprint density at radius 2 is 2.43 bits per heavy atom. The van der Waals surface area contributed by atoms with Crippen molar-refractivity contribution in [2.45, 2.75) is 6.54 Å². The summed E-state index contributed by atoms with van der Waals surface area (Å²) in [5.41, 5.74) is 0.926. The number of hydrogen-bond donors (Lipinski definition) is 3. The number of thiocarbonyl (C=S) groups is 1. The summed E-state index contributed by atoms with van der Waals surface area (Å²) in [6.07, 6.45) is -1.02. The molecule has 0 fully saturated rings. The van der Waals surface area contributed by atoms with Crippen LogP contribution in [-0.4, -0.2) is 23.2 Å². The monoisotopic (exact) mass is 230 g/mol. The Hall–Kier alpha value is -1.14. The van der Waals surface area contributed by atoms with Gasteiger partial charge >= 0.3 is 6.09 Å². The van der Waals surface area contributed by atoms with Crippen LogP contribution in [0.2, 0.25) is 0 Å². The Balaban J connectivity index is 2.59. The maximum Gasteiger partial charge on any atom is 0.404 e. The van der Waals surface area contributed by atoms with Gasteiger partial charge in [0.15, 0.2) is 0 Å². The van der Waals surface area contributed by atoms with Crippen molar-refractivity contribution in [2.24, 2.45) is 0 Å². The van der Waals surface area contributed by atoms with Crippen molar-refractivity contribution < 1.29 is 9.90 Å². The van der Waals surface area contributed by atoms with Gasteiger partial charge in [0.25, 0.3) is 0 Å². The summed E-state index contributed by atoms with van der Waals surface area (Å²) in [4.78, 5) is 11.8. The molecule has 6 heteroatoms. The SMILES string of the molecule is CNC(=S)c1csc(CNC(=O)O)c1. The van der Waals surface area contributed by atoms with E-state index in [2.05, 4.69) is 10.6 Å². The number of amides is 1. The minimum atomic E-state index is -1.02. The minimum Gasteiger partial charge on any atom is -0.465 e. The van der Waals surface area contributed by atoms with E-state index >= 15 is 0 Å². The first-order chi connectivity index (χ1) is 6.63. The first-order valence-corrected chi connectivity index (χ1v) is 5.18. The smallest absolute Gasteiger partial charge is 0.404 e. The van der Waals surface area contributed by atoms with Crippen LogP contribution in [0.15, 0.2) is 11.4 Å². The fourth-order valence-electron chi connectivity index (χ4n) is 0.899. The van der Waals surface area contributed by atoms with Crippen molar-refractivity contribution in [1.82, 2.24) is 10.6 Å². The summed E-state index contributed by atoms with van der Waals surface area (Å²) in [5.74, 6) is 0. The van der Waals surface area contributed by atoms with Crippen molar-refractivity contribution in [2.75, 3.05) is 7.05 Å². The van der Waals surface area contributed by atoms with Gasteiger partial charge in [0.2, 0.25) is 0 Å². The maximum absolute atomic E-state index is 10.2. The van der Waals surface area contributed by atoms with Crippen molar-refractivity contribution in [1.29, 1.82) is 0 Å². The van der Waals surface area contributed by atoms with Crippen LogP contribution in [0.1, 0.15) is 10.4 Å². The molecule has 0 atom stereocenters. The fourth-order valence-corrected chi connectivity index (χ4v) is 1.91. The molecule has 1 amide bonds. The molecular formula is C8H10N2O2S2. The Morgan fingerprint density at radius 3 is 3.00 bits per heavy atom. The van der Waals surface area contributed by atoms with E-state index in [1.807, 2.05) is 11.4 Å². The van der Waals surface area contributed by atoms with E-state index in [-0.39, 0.29) is 0 Å². The molecule has 1 aromatic rings. The number of carboxylic acid groups (broad SMARTS) is 1. The third-order valence-corrected chi connectivity index (χ3v) is 2.93. The van der Waals surface area contributed by atoms with Crippen LogP contribution in [-0.2, 0) is 6.54 Å². The molecule has 0 aliphatic carbocycles. The molecule has 1 aromatic heterocycles. The average Bonchev–Trinajstić information content (AvgIpc) is 2.62. The van der Waals surface area contributed by atoms with Gasteiger partial charge < -0.3 is 15.7 Å². The molecule has 0 saturated carbocycles. The van der Waals surface area contributed by atoms with Crippen molar-refractivity contribution >= 4 is 34.6 Å². The second kappa shape index (κ2) is 4.92. The largest absolute Gasteiger partial charge is 0.465 e. The van der Waals surface area contributed by atoms with Crippen LogP contribution in [0.5, 0.6) is 0 Å². The number of rotatable bonds is 3. The van der Waals surface area contributed by atoms with Gasteiger partial charge in [-0.05, 0) is 6.07 Å². The van der Waals surface area contributed by atoms with Crippen LogP contribution >= 0.6 is 23.6 Å². The average molecular weight is 230 g/mol. The maximum atomic E-state index is 10.2. The molecule has 0 unspecified atom stereocenters. The van der Waals surface area contributed by atoms with Crippen LogP contribution < -0.4 is 10.6 Å². The summed E-state index contributed by atoms with van der Waals surface area (Å²) in [6.45, 7) is 0.326. The zero-order valence-electron chi connectivity index (χ0n) is 7.53. The molecule has 0 spiro atoms. The lowest BCUT2D eigenvalue weighted by Gasteiger charge is -1.97. The van der Waals surface area contributed by atoms with Crippen LogP contribution in [0.4, 0.5) is 4.79 Å². The van der Waals surface area contributed by atoms with E-state index in [4.69, 9.17) is 17.3 Å². The highest BCUT2D eigenvalue weighted by Gasteiger charge is 2.04. The molecule has 3 N–H and O–H groups in total. The predicted molar refractivity (Wildman–Crippen MR) is 59.9 cm³/mol. The molecule has 0 aliphatic rings. The molecular weight excluding hydrogens is 220 g/mol. The molecule has 4 nitrogen and oxygen atoms in total. The lowest BCUT2D eigenvalue weighted by molar-refractivity contribution is 0.194. The second-order valence-electron chi connectivity index (χ2n) is 2.54. The standard InChI is InChI=1S/C8H10N2O2S2/c1-9-7(13)5-2-6(14-4-5)3-10-8(11)12/h2,4,10H,3H2,1H3,(H,9,13)(H,11,12). The van der Waals surface area contributed by atoms with E-state index in [9.17, 15) is 4.79 Å². The molecule has 0 aromatic carbocycles. The Kier molecular flexibility index (Phi) is 3.84. The number of hydrogen-bond acceptors (Lipinski definition) is 3. The Bertz CT molecular complexity index is 349. The summed E-state index contributed by atoms with van der Waals surface area (Å²) < 4.78 is 0. The lowest BCUT2D eigenvalue weighted by Crippen LogP contribution is -2.19. The number of thiophene rings is 1. The van der Waals surface area contributed by atoms with Crippen molar-refractivity contribution in [3.05, 3.63) is 21.9 Å². The van der Waals surface area contributed by atoms with E-state index < -0.39 is 6.09 Å². The van der Waals surface area contributed by atoms with Crippen LogP contribution in [0, 0.1) is 0 Å². The highest BCUT2D eigenvalue weighted by atomic mass is 32.1. The third-order valence-electron chi connectivity index (χ3n) is 1.56.